The summed E-state index contributed by atoms with van der Waals surface area (Å²) in [6.45, 7) is 5.75. The van der Waals surface area contributed by atoms with Gasteiger partial charge in [-0.1, -0.05) is 6.92 Å². The van der Waals surface area contributed by atoms with E-state index < -0.39 is 12.0 Å². The van der Waals surface area contributed by atoms with Gasteiger partial charge in [-0.3, -0.25) is 4.79 Å². The number of carboxylic acids is 1. The van der Waals surface area contributed by atoms with Crippen LogP contribution in [0.3, 0.4) is 0 Å². The predicted octanol–water partition coefficient (Wildman–Crippen LogP) is 1.18. The molecule has 1 amide bonds. The molecule has 2 heterocycles. The first kappa shape index (κ1) is 14.3. The van der Waals surface area contributed by atoms with Crippen LogP contribution in [0.15, 0.2) is 0 Å². The number of aliphatic carboxylic acids is 1. The van der Waals surface area contributed by atoms with Gasteiger partial charge in [0.2, 0.25) is 5.91 Å². The first-order chi connectivity index (χ1) is 9.08. The van der Waals surface area contributed by atoms with Crippen LogP contribution in [0.2, 0.25) is 0 Å². The molecular weight excluding hydrogens is 244 g/mol. The molecule has 2 atom stereocenters. The maximum Gasteiger partial charge on any atom is 0.326 e. The second kappa shape index (κ2) is 6.37. The van der Waals surface area contributed by atoms with E-state index in [-0.39, 0.29) is 5.91 Å². The van der Waals surface area contributed by atoms with E-state index in [1.165, 1.54) is 12.8 Å². The van der Waals surface area contributed by atoms with Crippen molar-refractivity contribution in [2.45, 2.75) is 45.1 Å². The monoisotopic (exact) mass is 268 g/mol. The van der Waals surface area contributed by atoms with Gasteiger partial charge in [-0.25, -0.2) is 4.79 Å². The maximum absolute atomic E-state index is 12.1. The molecule has 2 aliphatic rings. The summed E-state index contributed by atoms with van der Waals surface area (Å²) in [4.78, 5) is 27.1. The fraction of sp³-hybridized carbons (Fsp3) is 0.857. The predicted molar refractivity (Wildman–Crippen MR) is 71.8 cm³/mol. The number of amides is 1. The topological polar surface area (TPSA) is 60.9 Å². The summed E-state index contributed by atoms with van der Waals surface area (Å²) in [5.41, 5.74) is 0. The third-order valence-electron chi connectivity index (χ3n) is 4.24. The molecule has 0 saturated carbocycles. The van der Waals surface area contributed by atoms with E-state index in [1.807, 2.05) is 0 Å². The van der Waals surface area contributed by atoms with Crippen LogP contribution in [-0.4, -0.2) is 59.0 Å². The molecule has 1 unspecified atom stereocenters. The normalized spacial score (nSPS) is 28.6. The maximum atomic E-state index is 12.1. The second-order valence-electron chi connectivity index (χ2n) is 5.88. The Labute approximate surface area is 114 Å². The lowest BCUT2D eigenvalue weighted by atomic mass is 10.0. The number of hydrogen-bond donors (Lipinski definition) is 1. The summed E-state index contributed by atoms with van der Waals surface area (Å²) in [6.07, 6.45) is 4.34. The molecule has 108 valence electrons. The van der Waals surface area contributed by atoms with Crippen molar-refractivity contribution in [1.82, 2.24) is 9.80 Å². The molecule has 1 N–H and O–H groups in total. The summed E-state index contributed by atoms with van der Waals surface area (Å²) in [5, 5.41) is 9.08. The lowest BCUT2D eigenvalue weighted by Crippen LogP contribution is -2.42. The standard InChI is InChI=1S/C14H24N2O3/c1-11-4-2-7-15(10-11)9-6-13(17)16-8-3-5-12(16)14(18)19/h11-12H,2-10H2,1H3,(H,18,19)/t11?,12-/m1/s1. The Morgan fingerprint density at radius 3 is 2.63 bits per heavy atom. The van der Waals surface area contributed by atoms with E-state index in [0.717, 1.165) is 26.1 Å². The van der Waals surface area contributed by atoms with Crippen molar-refractivity contribution in [1.29, 1.82) is 0 Å². The smallest absolute Gasteiger partial charge is 0.326 e. The number of piperidine rings is 1. The van der Waals surface area contributed by atoms with Crippen LogP contribution in [0, 0.1) is 5.92 Å². The van der Waals surface area contributed by atoms with E-state index in [1.54, 1.807) is 4.90 Å². The van der Waals surface area contributed by atoms with Crippen LogP contribution >= 0.6 is 0 Å². The van der Waals surface area contributed by atoms with Crippen LogP contribution in [-0.2, 0) is 9.59 Å². The summed E-state index contributed by atoms with van der Waals surface area (Å²) in [6, 6.07) is -0.590. The number of carbonyl (C=O) groups excluding carboxylic acids is 1. The van der Waals surface area contributed by atoms with Gasteiger partial charge >= 0.3 is 5.97 Å². The zero-order valence-electron chi connectivity index (χ0n) is 11.7. The highest BCUT2D eigenvalue weighted by Gasteiger charge is 2.33. The van der Waals surface area contributed by atoms with Crippen molar-refractivity contribution < 1.29 is 14.7 Å². The minimum absolute atomic E-state index is 0.00289. The Balaban J connectivity index is 1.79. The SMILES string of the molecule is CC1CCCN(CCC(=O)N2CCC[C@@H]2C(=O)O)C1. The molecule has 19 heavy (non-hydrogen) atoms. The van der Waals surface area contributed by atoms with Gasteiger partial charge in [0.15, 0.2) is 0 Å². The van der Waals surface area contributed by atoms with Gasteiger partial charge in [0, 0.05) is 26.1 Å². The average molecular weight is 268 g/mol. The minimum Gasteiger partial charge on any atom is -0.480 e. The quantitative estimate of drug-likeness (QED) is 0.832. The Bertz CT molecular complexity index is 346. The summed E-state index contributed by atoms with van der Waals surface area (Å²) < 4.78 is 0. The Hall–Kier alpha value is -1.10. The van der Waals surface area contributed by atoms with Crippen LogP contribution in [0.1, 0.15) is 39.0 Å². The molecule has 0 aromatic heterocycles. The van der Waals surface area contributed by atoms with Gasteiger partial charge in [0.1, 0.15) is 6.04 Å². The van der Waals surface area contributed by atoms with Crippen LogP contribution < -0.4 is 0 Å². The van der Waals surface area contributed by atoms with E-state index in [2.05, 4.69) is 11.8 Å². The molecule has 2 fully saturated rings. The number of carbonyl (C=O) groups is 2. The molecule has 0 aliphatic carbocycles. The van der Waals surface area contributed by atoms with Crippen LogP contribution in [0.4, 0.5) is 0 Å². The average Bonchev–Trinajstić information content (AvgIpc) is 2.85. The number of nitrogens with zero attached hydrogens (tertiary/aromatic N) is 2. The molecule has 5 nitrogen and oxygen atoms in total. The van der Waals surface area contributed by atoms with E-state index in [9.17, 15) is 9.59 Å². The highest BCUT2D eigenvalue weighted by molar-refractivity contribution is 5.84. The van der Waals surface area contributed by atoms with E-state index in [4.69, 9.17) is 5.11 Å². The van der Waals surface area contributed by atoms with Gasteiger partial charge in [-0.05, 0) is 38.1 Å². The molecule has 0 aromatic carbocycles. The third kappa shape index (κ3) is 3.69. The molecule has 0 bridgehead atoms. The van der Waals surface area contributed by atoms with Crippen LogP contribution in [0.25, 0.3) is 0 Å². The van der Waals surface area contributed by atoms with Crippen LogP contribution in [0.5, 0.6) is 0 Å². The fourth-order valence-electron chi connectivity index (χ4n) is 3.21. The largest absolute Gasteiger partial charge is 0.480 e. The molecule has 2 saturated heterocycles. The molecule has 0 radical (unpaired) electrons. The summed E-state index contributed by atoms with van der Waals surface area (Å²) >= 11 is 0. The van der Waals surface area contributed by atoms with Gasteiger partial charge in [0.05, 0.1) is 0 Å². The lowest BCUT2D eigenvalue weighted by molar-refractivity contribution is -0.148. The van der Waals surface area contributed by atoms with Crippen molar-refractivity contribution in [3.05, 3.63) is 0 Å². The number of rotatable bonds is 4. The van der Waals surface area contributed by atoms with E-state index in [0.29, 0.717) is 25.3 Å². The highest BCUT2D eigenvalue weighted by Crippen LogP contribution is 2.19. The first-order valence-corrected chi connectivity index (χ1v) is 7.32. The van der Waals surface area contributed by atoms with Crippen molar-refractivity contribution in [2.75, 3.05) is 26.2 Å². The van der Waals surface area contributed by atoms with Crippen molar-refractivity contribution in [3.8, 4) is 0 Å². The molecule has 2 aliphatic heterocycles. The minimum atomic E-state index is -0.863. The summed E-state index contributed by atoms with van der Waals surface area (Å²) in [7, 11) is 0. The molecule has 2 rings (SSSR count). The van der Waals surface area contributed by atoms with Gasteiger partial charge in [-0.2, -0.15) is 0 Å². The number of likely N-dealkylation sites (tertiary alicyclic amines) is 2. The molecular formula is C14H24N2O3. The zero-order chi connectivity index (χ0) is 13.8. The Morgan fingerprint density at radius 2 is 1.95 bits per heavy atom. The van der Waals surface area contributed by atoms with Gasteiger partial charge in [-0.15, -0.1) is 0 Å². The number of hydrogen-bond acceptors (Lipinski definition) is 3. The first-order valence-electron chi connectivity index (χ1n) is 7.32. The van der Waals surface area contributed by atoms with Gasteiger partial charge < -0.3 is 14.9 Å². The third-order valence-corrected chi connectivity index (χ3v) is 4.24. The number of carboxylic acid groups (broad SMARTS) is 1. The van der Waals surface area contributed by atoms with E-state index >= 15 is 0 Å². The fourth-order valence-corrected chi connectivity index (χ4v) is 3.21. The van der Waals surface area contributed by atoms with Gasteiger partial charge in [0.25, 0.3) is 0 Å². The Kier molecular flexibility index (Phi) is 4.80. The molecule has 0 spiro atoms. The van der Waals surface area contributed by atoms with Crippen molar-refractivity contribution in [2.24, 2.45) is 5.92 Å². The lowest BCUT2D eigenvalue weighted by Gasteiger charge is -2.31. The molecule has 0 aromatic rings. The zero-order valence-corrected chi connectivity index (χ0v) is 11.7. The molecule has 5 heteroatoms. The van der Waals surface area contributed by atoms with Crippen molar-refractivity contribution in [3.63, 3.8) is 0 Å². The Morgan fingerprint density at radius 1 is 1.21 bits per heavy atom. The summed E-state index contributed by atoms with van der Waals surface area (Å²) in [5.74, 6) is -0.150. The second-order valence-corrected chi connectivity index (χ2v) is 5.88. The van der Waals surface area contributed by atoms with Crippen molar-refractivity contribution >= 4 is 11.9 Å². The highest BCUT2D eigenvalue weighted by atomic mass is 16.4.